The number of nitro groups is 1. The lowest BCUT2D eigenvalue weighted by molar-refractivity contribution is -0.384. The summed E-state index contributed by atoms with van der Waals surface area (Å²) in [6, 6.07) is 10.2. The minimum absolute atomic E-state index is 0.0579. The largest absolute Gasteiger partial charge is 0.289 e. The van der Waals surface area contributed by atoms with Gasteiger partial charge in [0, 0.05) is 6.07 Å². The average Bonchev–Trinajstić information content (AvgIpc) is 2.48. The zero-order chi connectivity index (χ0) is 18.1. The first kappa shape index (κ1) is 18.2. The molecule has 0 unspecified atom stereocenters. The van der Waals surface area contributed by atoms with Crippen LogP contribution in [0.25, 0.3) is 0 Å². The number of nitrogens with one attached hydrogen (secondary N) is 1. The molecular formula is C16H17ClN2O4S. The van der Waals surface area contributed by atoms with Crippen LogP contribution in [0.5, 0.6) is 0 Å². The lowest BCUT2D eigenvalue weighted by Crippen LogP contribution is -2.15. The van der Waals surface area contributed by atoms with E-state index in [9.17, 15) is 18.5 Å². The number of rotatable bonds is 4. The minimum Gasteiger partial charge on any atom is -0.279 e. The SMILES string of the molecule is CC(C)(C)c1ccc(S(=O)(=O)Nc2ccc(Cl)c([N+](=O)[O-])c2)cc1. The summed E-state index contributed by atoms with van der Waals surface area (Å²) in [5.41, 5.74) is 0.626. The molecule has 6 nitrogen and oxygen atoms in total. The van der Waals surface area contributed by atoms with Crippen LogP contribution < -0.4 is 4.72 Å². The fourth-order valence-corrected chi connectivity index (χ4v) is 3.30. The lowest BCUT2D eigenvalue weighted by atomic mass is 9.87. The van der Waals surface area contributed by atoms with E-state index in [1.807, 2.05) is 20.8 Å². The summed E-state index contributed by atoms with van der Waals surface area (Å²) in [4.78, 5) is 10.3. The molecule has 2 aromatic carbocycles. The summed E-state index contributed by atoms with van der Waals surface area (Å²) in [7, 11) is -3.85. The Bertz CT molecular complexity index is 872. The van der Waals surface area contributed by atoms with Crippen LogP contribution in [-0.4, -0.2) is 13.3 Å². The van der Waals surface area contributed by atoms with Crippen LogP contribution in [-0.2, 0) is 15.4 Å². The molecule has 2 rings (SSSR count). The van der Waals surface area contributed by atoms with Crippen LogP contribution in [0.15, 0.2) is 47.4 Å². The maximum atomic E-state index is 12.4. The molecule has 0 aliphatic heterocycles. The number of nitrogens with zero attached hydrogens (tertiary/aromatic N) is 1. The van der Waals surface area contributed by atoms with Crippen molar-refractivity contribution in [3.8, 4) is 0 Å². The number of anilines is 1. The molecule has 0 spiro atoms. The number of halogens is 1. The van der Waals surface area contributed by atoms with Gasteiger partial charge in [0.25, 0.3) is 15.7 Å². The third-order valence-electron chi connectivity index (χ3n) is 3.43. The van der Waals surface area contributed by atoms with Crippen molar-refractivity contribution in [2.45, 2.75) is 31.1 Å². The highest BCUT2D eigenvalue weighted by Gasteiger charge is 2.19. The standard InChI is InChI=1S/C16H17ClN2O4S/c1-16(2,3)11-4-7-13(8-5-11)24(22,23)18-12-6-9-14(17)15(10-12)19(20)21/h4-10,18H,1-3H3. The number of sulfonamides is 1. The first-order valence-electron chi connectivity index (χ1n) is 7.08. The van der Waals surface area contributed by atoms with Crippen molar-refractivity contribution in [2.75, 3.05) is 4.72 Å². The fraction of sp³-hybridized carbons (Fsp3) is 0.250. The van der Waals surface area contributed by atoms with E-state index in [0.717, 1.165) is 11.6 Å². The van der Waals surface area contributed by atoms with Crippen LogP contribution in [0.4, 0.5) is 11.4 Å². The molecule has 2 aromatic rings. The summed E-state index contributed by atoms with van der Waals surface area (Å²) < 4.78 is 27.2. The van der Waals surface area contributed by atoms with Gasteiger partial charge in [-0.15, -0.1) is 0 Å². The van der Waals surface area contributed by atoms with E-state index in [-0.39, 0.29) is 26.7 Å². The molecule has 0 atom stereocenters. The molecule has 0 fully saturated rings. The molecule has 0 saturated carbocycles. The second-order valence-electron chi connectivity index (χ2n) is 6.30. The van der Waals surface area contributed by atoms with Crippen LogP contribution >= 0.6 is 11.6 Å². The zero-order valence-corrected chi connectivity index (χ0v) is 15.0. The average molecular weight is 369 g/mol. The van der Waals surface area contributed by atoms with E-state index in [1.165, 1.54) is 24.3 Å². The van der Waals surface area contributed by atoms with Gasteiger partial charge in [-0.25, -0.2) is 8.42 Å². The Hall–Kier alpha value is -2.12. The summed E-state index contributed by atoms with van der Waals surface area (Å²) in [5, 5.41) is 10.8. The quantitative estimate of drug-likeness (QED) is 0.641. The highest BCUT2D eigenvalue weighted by molar-refractivity contribution is 7.92. The predicted molar refractivity (Wildman–Crippen MR) is 94.1 cm³/mol. The Morgan fingerprint density at radius 2 is 1.67 bits per heavy atom. The van der Waals surface area contributed by atoms with E-state index in [0.29, 0.717) is 0 Å². The predicted octanol–water partition coefficient (Wildman–Crippen LogP) is 4.35. The van der Waals surface area contributed by atoms with Gasteiger partial charge in [0.15, 0.2) is 0 Å². The van der Waals surface area contributed by atoms with E-state index in [2.05, 4.69) is 4.72 Å². The van der Waals surface area contributed by atoms with Gasteiger partial charge in [0.2, 0.25) is 0 Å². The normalized spacial score (nSPS) is 12.0. The van der Waals surface area contributed by atoms with Gasteiger partial charge in [-0.05, 0) is 35.2 Å². The van der Waals surface area contributed by atoms with Crippen LogP contribution in [0, 0.1) is 10.1 Å². The lowest BCUT2D eigenvalue weighted by Gasteiger charge is -2.19. The Kier molecular flexibility index (Phi) is 4.87. The molecule has 1 N–H and O–H groups in total. The van der Waals surface area contributed by atoms with Gasteiger partial charge in [0.05, 0.1) is 15.5 Å². The molecule has 0 bridgehead atoms. The highest BCUT2D eigenvalue weighted by atomic mass is 35.5. The molecule has 0 saturated heterocycles. The van der Waals surface area contributed by atoms with Crippen molar-refractivity contribution in [3.05, 3.63) is 63.2 Å². The van der Waals surface area contributed by atoms with Crippen molar-refractivity contribution < 1.29 is 13.3 Å². The highest BCUT2D eigenvalue weighted by Crippen LogP contribution is 2.29. The summed E-state index contributed by atoms with van der Waals surface area (Å²) in [6.07, 6.45) is 0. The van der Waals surface area contributed by atoms with E-state index < -0.39 is 14.9 Å². The van der Waals surface area contributed by atoms with E-state index in [1.54, 1.807) is 12.1 Å². The van der Waals surface area contributed by atoms with Crippen LogP contribution in [0.2, 0.25) is 5.02 Å². The number of nitro benzene ring substituents is 1. The van der Waals surface area contributed by atoms with Crippen molar-refractivity contribution in [2.24, 2.45) is 0 Å². The first-order valence-corrected chi connectivity index (χ1v) is 8.94. The van der Waals surface area contributed by atoms with Crippen molar-refractivity contribution in [3.63, 3.8) is 0 Å². The molecule has 128 valence electrons. The molecule has 0 radical (unpaired) electrons. The van der Waals surface area contributed by atoms with Crippen molar-refractivity contribution >= 4 is 33.0 Å². The van der Waals surface area contributed by atoms with Gasteiger partial charge < -0.3 is 0 Å². The number of hydrogen-bond donors (Lipinski definition) is 1. The molecule has 8 heteroatoms. The second kappa shape index (κ2) is 6.41. The Morgan fingerprint density at radius 3 is 2.17 bits per heavy atom. The van der Waals surface area contributed by atoms with Gasteiger partial charge in [0.1, 0.15) is 5.02 Å². The third kappa shape index (κ3) is 4.04. The van der Waals surface area contributed by atoms with Gasteiger partial charge >= 0.3 is 0 Å². The summed E-state index contributed by atoms with van der Waals surface area (Å²) in [5.74, 6) is 0. The molecule has 0 aromatic heterocycles. The molecule has 0 aliphatic carbocycles. The third-order valence-corrected chi connectivity index (χ3v) is 5.14. The van der Waals surface area contributed by atoms with Crippen molar-refractivity contribution in [1.82, 2.24) is 0 Å². The Morgan fingerprint density at radius 1 is 1.08 bits per heavy atom. The maximum absolute atomic E-state index is 12.4. The van der Waals surface area contributed by atoms with Crippen molar-refractivity contribution in [1.29, 1.82) is 0 Å². The zero-order valence-electron chi connectivity index (χ0n) is 13.4. The monoisotopic (exact) mass is 368 g/mol. The number of hydrogen-bond acceptors (Lipinski definition) is 4. The fourth-order valence-electron chi connectivity index (χ4n) is 2.06. The molecule has 24 heavy (non-hydrogen) atoms. The molecule has 0 heterocycles. The topological polar surface area (TPSA) is 89.3 Å². The van der Waals surface area contributed by atoms with Gasteiger partial charge in [-0.2, -0.15) is 0 Å². The van der Waals surface area contributed by atoms with Gasteiger partial charge in [-0.3, -0.25) is 14.8 Å². The Labute approximate surface area is 145 Å². The van der Waals surface area contributed by atoms with Crippen LogP contribution in [0.3, 0.4) is 0 Å². The maximum Gasteiger partial charge on any atom is 0.289 e. The number of benzene rings is 2. The first-order chi connectivity index (χ1) is 11.0. The summed E-state index contributed by atoms with van der Waals surface area (Å²) in [6.45, 7) is 6.09. The van der Waals surface area contributed by atoms with Crippen LogP contribution in [0.1, 0.15) is 26.3 Å². The Balaban J connectivity index is 2.32. The van der Waals surface area contributed by atoms with E-state index in [4.69, 9.17) is 11.6 Å². The second-order valence-corrected chi connectivity index (χ2v) is 8.39. The molecule has 0 amide bonds. The minimum atomic E-state index is -3.85. The van der Waals surface area contributed by atoms with E-state index >= 15 is 0 Å². The molecular weight excluding hydrogens is 352 g/mol. The molecule has 0 aliphatic rings. The van der Waals surface area contributed by atoms with Gasteiger partial charge in [-0.1, -0.05) is 44.5 Å². The smallest absolute Gasteiger partial charge is 0.279 e. The summed E-state index contributed by atoms with van der Waals surface area (Å²) >= 11 is 5.72.